The van der Waals surface area contributed by atoms with Crippen LogP contribution in [-0.2, 0) is 0 Å². The lowest BCUT2D eigenvalue weighted by Gasteiger charge is -2.31. The van der Waals surface area contributed by atoms with E-state index in [2.05, 4.69) is 24.4 Å². The molecule has 1 N–H and O–H groups in total. The van der Waals surface area contributed by atoms with E-state index < -0.39 is 0 Å². The van der Waals surface area contributed by atoms with E-state index in [0.717, 1.165) is 35.6 Å². The lowest BCUT2D eigenvalue weighted by Crippen LogP contribution is -2.51. The Morgan fingerprint density at radius 3 is 2.85 bits per heavy atom. The number of nitrogens with one attached hydrogen (secondary N) is 1. The second-order valence-electron chi connectivity index (χ2n) is 5.14. The average Bonchev–Trinajstić information content (AvgIpc) is 2.97. The van der Waals surface area contributed by atoms with Crippen molar-refractivity contribution in [3.63, 3.8) is 0 Å². The van der Waals surface area contributed by atoms with Gasteiger partial charge in [0.05, 0.1) is 4.88 Å². The molecule has 1 atom stereocenters. The minimum Gasteiger partial charge on any atom is -0.335 e. The zero-order valence-electron chi connectivity index (χ0n) is 11.5. The fourth-order valence-electron chi connectivity index (χ4n) is 2.58. The number of carbonyl (C=O) groups excluding carboxylic acids is 1. The van der Waals surface area contributed by atoms with Crippen LogP contribution in [0.3, 0.4) is 0 Å². The number of rotatable bonds is 2. The first-order valence-corrected chi connectivity index (χ1v) is 7.79. The largest absolute Gasteiger partial charge is 0.335 e. The molecule has 1 unspecified atom stereocenters. The van der Waals surface area contributed by atoms with Crippen LogP contribution in [0.15, 0.2) is 41.8 Å². The average molecular weight is 286 g/mol. The molecule has 1 aromatic heterocycles. The Morgan fingerprint density at radius 1 is 1.30 bits per heavy atom. The molecular weight excluding hydrogens is 268 g/mol. The Bertz CT molecular complexity index is 594. The van der Waals surface area contributed by atoms with Crippen molar-refractivity contribution in [3.8, 4) is 11.1 Å². The summed E-state index contributed by atoms with van der Waals surface area (Å²) < 4.78 is 0. The van der Waals surface area contributed by atoms with Gasteiger partial charge in [0.2, 0.25) is 0 Å². The van der Waals surface area contributed by atoms with E-state index in [1.165, 1.54) is 11.3 Å². The Kier molecular flexibility index (Phi) is 3.85. The molecule has 2 aromatic rings. The molecule has 1 aliphatic heterocycles. The molecular formula is C16H18N2OS. The molecule has 3 rings (SSSR count). The molecule has 2 heterocycles. The summed E-state index contributed by atoms with van der Waals surface area (Å²) in [5.41, 5.74) is 2.16. The zero-order valence-corrected chi connectivity index (χ0v) is 12.3. The van der Waals surface area contributed by atoms with Crippen molar-refractivity contribution in [2.24, 2.45) is 0 Å². The van der Waals surface area contributed by atoms with E-state index in [-0.39, 0.29) is 5.91 Å². The third-order valence-electron chi connectivity index (χ3n) is 3.60. The molecule has 0 radical (unpaired) electrons. The van der Waals surface area contributed by atoms with Gasteiger partial charge in [0, 0.05) is 31.2 Å². The molecule has 1 amide bonds. The monoisotopic (exact) mass is 286 g/mol. The van der Waals surface area contributed by atoms with Crippen molar-refractivity contribution in [3.05, 3.63) is 46.7 Å². The summed E-state index contributed by atoms with van der Waals surface area (Å²) in [4.78, 5) is 15.5. The molecule has 20 heavy (non-hydrogen) atoms. The standard InChI is InChI=1S/C16H18N2OS/c1-12-11-18(9-8-17-12)16(19)15-14(7-10-20-15)13-5-3-2-4-6-13/h2-7,10,12,17H,8-9,11H2,1H3. The summed E-state index contributed by atoms with van der Waals surface area (Å²) in [6.07, 6.45) is 0. The van der Waals surface area contributed by atoms with E-state index in [9.17, 15) is 4.79 Å². The zero-order chi connectivity index (χ0) is 13.9. The van der Waals surface area contributed by atoms with Crippen LogP contribution in [0.1, 0.15) is 16.6 Å². The van der Waals surface area contributed by atoms with E-state index >= 15 is 0 Å². The first-order valence-electron chi connectivity index (χ1n) is 6.91. The maximum atomic E-state index is 12.7. The van der Waals surface area contributed by atoms with Crippen LogP contribution < -0.4 is 5.32 Å². The van der Waals surface area contributed by atoms with Crippen molar-refractivity contribution >= 4 is 17.2 Å². The minimum atomic E-state index is 0.159. The number of amides is 1. The second kappa shape index (κ2) is 5.77. The first kappa shape index (κ1) is 13.3. The van der Waals surface area contributed by atoms with Crippen molar-refractivity contribution in [2.45, 2.75) is 13.0 Å². The highest BCUT2D eigenvalue weighted by Crippen LogP contribution is 2.29. The number of piperazine rings is 1. The summed E-state index contributed by atoms with van der Waals surface area (Å²) in [5.74, 6) is 0.159. The van der Waals surface area contributed by atoms with Crippen LogP contribution in [0.4, 0.5) is 0 Å². The van der Waals surface area contributed by atoms with Crippen LogP contribution in [0, 0.1) is 0 Å². The Balaban J connectivity index is 1.88. The summed E-state index contributed by atoms with van der Waals surface area (Å²) in [6.45, 7) is 4.56. The predicted octanol–water partition coefficient (Wildman–Crippen LogP) is 2.85. The fraction of sp³-hybridized carbons (Fsp3) is 0.312. The SMILES string of the molecule is CC1CN(C(=O)c2sccc2-c2ccccc2)CCN1. The summed E-state index contributed by atoms with van der Waals surface area (Å²) >= 11 is 1.54. The quantitative estimate of drug-likeness (QED) is 0.920. The molecule has 1 fully saturated rings. The van der Waals surface area contributed by atoms with Gasteiger partial charge in [-0.2, -0.15) is 0 Å². The highest BCUT2D eigenvalue weighted by Gasteiger charge is 2.24. The summed E-state index contributed by atoms with van der Waals surface area (Å²) in [5, 5.41) is 5.37. The molecule has 1 saturated heterocycles. The van der Waals surface area contributed by atoms with Gasteiger partial charge in [0.15, 0.2) is 0 Å². The molecule has 4 heteroatoms. The fourth-order valence-corrected chi connectivity index (χ4v) is 3.46. The number of thiophene rings is 1. The van der Waals surface area contributed by atoms with Crippen molar-refractivity contribution in [1.29, 1.82) is 0 Å². The Morgan fingerprint density at radius 2 is 2.10 bits per heavy atom. The smallest absolute Gasteiger partial charge is 0.264 e. The van der Waals surface area contributed by atoms with Crippen LogP contribution >= 0.6 is 11.3 Å². The topological polar surface area (TPSA) is 32.3 Å². The molecule has 1 aromatic carbocycles. The third-order valence-corrected chi connectivity index (χ3v) is 4.50. The minimum absolute atomic E-state index is 0.159. The highest BCUT2D eigenvalue weighted by molar-refractivity contribution is 7.12. The van der Waals surface area contributed by atoms with Gasteiger partial charge >= 0.3 is 0 Å². The number of benzene rings is 1. The first-order chi connectivity index (χ1) is 9.75. The number of hydrogen-bond donors (Lipinski definition) is 1. The highest BCUT2D eigenvalue weighted by atomic mass is 32.1. The van der Waals surface area contributed by atoms with Crippen molar-refractivity contribution < 1.29 is 4.79 Å². The molecule has 0 bridgehead atoms. The molecule has 0 spiro atoms. The van der Waals surface area contributed by atoms with E-state index in [0.29, 0.717) is 6.04 Å². The van der Waals surface area contributed by atoms with Gasteiger partial charge in [-0.25, -0.2) is 0 Å². The lowest BCUT2D eigenvalue weighted by molar-refractivity contribution is 0.0714. The number of nitrogens with zero attached hydrogens (tertiary/aromatic N) is 1. The van der Waals surface area contributed by atoms with Crippen LogP contribution in [0.25, 0.3) is 11.1 Å². The van der Waals surface area contributed by atoms with Gasteiger partial charge in [0.25, 0.3) is 5.91 Å². The van der Waals surface area contributed by atoms with Crippen molar-refractivity contribution in [1.82, 2.24) is 10.2 Å². The number of carbonyl (C=O) groups is 1. The van der Waals surface area contributed by atoms with Crippen LogP contribution in [0.5, 0.6) is 0 Å². The van der Waals surface area contributed by atoms with Crippen molar-refractivity contribution in [2.75, 3.05) is 19.6 Å². The van der Waals surface area contributed by atoms with E-state index in [4.69, 9.17) is 0 Å². The Labute approximate surface area is 123 Å². The molecule has 0 saturated carbocycles. The van der Waals surface area contributed by atoms with Gasteiger partial charge in [-0.15, -0.1) is 11.3 Å². The lowest BCUT2D eigenvalue weighted by atomic mass is 10.1. The van der Waals surface area contributed by atoms with Crippen LogP contribution in [-0.4, -0.2) is 36.5 Å². The Hall–Kier alpha value is -1.65. The second-order valence-corrected chi connectivity index (χ2v) is 6.05. The van der Waals surface area contributed by atoms with Gasteiger partial charge in [0.1, 0.15) is 0 Å². The van der Waals surface area contributed by atoms with E-state index in [1.54, 1.807) is 0 Å². The van der Waals surface area contributed by atoms with E-state index in [1.807, 2.05) is 34.5 Å². The molecule has 104 valence electrons. The van der Waals surface area contributed by atoms with Gasteiger partial charge < -0.3 is 10.2 Å². The maximum Gasteiger partial charge on any atom is 0.264 e. The maximum absolute atomic E-state index is 12.7. The molecule has 3 nitrogen and oxygen atoms in total. The van der Waals surface area contributed by atoms with Gasteiger partial charge in [-0.3, -0.25) is 4.79 Å². The normalized spacial score (nSPS) is 19.1. The molecule has 1 aliphatic rings. The van der Waals surface area contributed by atoms with Gasteiger partial charge in [-0.05, 0) is 23.9 Å². The third kappa shape index (κ3) is 2.62. The van der Waals surface area contributed by atoms with Gasteiger partial charge in [-0.1, -0.05) is 30.3 Å². The number of hydrogen-bond acceptors (Lipinski definition) is 3. The summed E-state index contributed by atoms with van der Waals surface area (Å²) in [7, 11) is 0. The summed E-state index contributed by atoms with van der Waals surface area (Å²) in [6, 6.07) is 12.5. The van der Waals surface area contributed by atoms with Crippen LogP contribution in [0.2, 0.25) is 0 Å². The molecule has 0 aliphatic carbocycles. The predicted molar refractivity (Wildman–Crippen MR) is 83.1 cm³/mol.